The summed E-state index contributed by atoms with van der Waals surface area (Å²) in [6, 6.07) is 8.21. The highest BCUT2D eigenvalue weighted by atomic mass is 32.2. The molecular formula is C18H24FN6OS+. The van der Waals surface area contributed by atoms with Crippen molar-refractivity contribution in [1.82, 2.24) is 19.7 Å². The van der Waals surface area contributed by atoms with Crippen LogP contribution >= 0.6 is 11.8 Å². The highest BCUT2D eigenvalue weighted by molar-refractivity contribution is 7.99. The molecule has 0 saturated carbocycles. The number of benzene rings is 1. The van der Waals surface area contributed by atoms with Crippen molar-refractivity contribution < 1.29 is 14.1 Å². The first kappa shape index (κ1) is 20.9. The summed E-state index contributed by atoms with van der Waals surface area (Å²) in [4.78, 5) is 15.0. The standard InChI is InChI=1S/C18H23FN6OS/c1-13(23(2)3)17-21-22-18(25(17)15-8-6-14(19)7-9-15)27-12-16(26)24(4)11-5-10-20/h6-9,13H,5,11-12H2,1-4H3/p+1/t13-/m0/s1. The number of aromatic nitrogens is 3. The lowest BCUT2D eigenvalue weighted by atomic mass is 10.2. The molecule has 0 unspecified atom stereocenters. The van der Waals surface area contributed by atoms with E-state index in [4.69, 9.17) is 5.26 Å². The molecule has 1 heterocycles. The van der Waals surface area contributed by atoms with E-state index >= 15 is 0 Å². The van der Waals surface area contributed by atoms with E-state index in [1.54, 1.807) is 19.2 Å². The lowest BCUT2D eigenvalue weighted by Crippen LogP contribution is -3.05. The van der Waals surface area contributed by atoms with Gasteiger partial charge in [0.15, 0.2) is 11.0 Å². The van der Waals surface area contributed by atoms with Gasteiger partial charge < -0.3 is 9.80 Å². The van der Waals surface area contributed by atoms with Crippen molar-refractivity contribution in [3.63, 3.8) is 0 Å². The molecule has 1 N–H and O–H groups in total. The topological polar surface area (TPSA) is 79.2 Å². The average Bonchev–Trinajstić information content (AvgIpc) is 3.07. The summed E-state index contributed by atoms with van der Waals surface area (Å²) in [5.41, 5.74) is 0.747. The van der Waals surface area contributed by atoms with E-state index in [0.717, 1.165) is 11.5 Å². The molecule has 0 spiro atoms. The quantitative estimate of drug-likeness (QED) is 0.681. The van der Waals surface area contributed by atoms with Gasteiger partial charge in [-0.25, -0.2) is 4.39 Å². The Balaban J connectivity index is 2.27. The highest BCUT2D eigenvalue weighted by Crippen LogP contribution is 2.24. The third-order valence-electron chi connectivity index (χ3n) is 4.31. The summed E-state index contributed by atoms with van der Waals surface area (Å²) in [7, 11) is 5.72. The number of nitrogens with one attached hydrogen (secondary N) is 1. The molecule has 27 heavy (non-hydrogen) atoms. The van der Waals surface area contributed by atoms with Crippen LogP contribution in [0, 0.1) is 17.1 Å². The zero-order valence-corrected chi connectivity index (χ0v) is 16.8. The molecule has 1 amide bonds. The molecule has 1 atom stereocenters. The third kappa shape index (κ3) is 5.28. The minimum atomic E-state index is -0.317. The van der Waals surface area contributed by atoms with E-state index in [9.17, 15) is 9.18 Å². The summed E-state index contributed by atoms with van der Waals surface area (Å²) in [5, 5.41) is 17.8. The summed E-state index contributed by atoms with van der Waals surface area (Å²) in [5.74, 6) is 0.527. The number of amides is 1. The molecule has 0 aliphatic heterocycles. The van der Waals surface area contributed by atoms with Crippen molar-refractivity contribution in [1.29, 1.82) is 5.26 Å². The van der Waals surface area contributed by atoms with E-state index in [0.29, 0.717) is 18.1 Å². The summed E-state index contributed by atoms with van der Waals surface area (Å²) < 4.78 is 15.2. The van der Waals surface area contributed by atoms with Gasteiger partial charge in [0.1, 0.15) is 11.9 Å². The lowest BCUT2D eigenvalue weighted by molar-refractivity contribution is -0.890. The minimum absolute atomic E-state index is 0.0610. The number of hydrogen-bond acceptors (Lipinski definition) is 5. The number of rotatable bonds is 8. The molecule has 9 heteroatoms. The molecule has 0 bridgehead atoms. The van der Waals surface area contributed by atoms with Crippen molar-refractivity contribution in [2.24, 2.45) is 0 Å². The van der Waals surface area contributed by atoms with Crippen LogP contribution in [0.5, 0.6) is 0 Å². The number of carbonyl (C=O) groups is 1. The third-order valence-corrected chi connectivity index (χ3v) is 5.22. The zero-order valence-electron chi connectivity index (χ0n) is 15.9. The largest absolute Gasteiger partial charge is 0.344 e. The van der Waals surface area contributed by atoms with Crippen LogP contribution in [-0.4, -0.2) is 59.0 Å². The molecule has 0 radical (unpaired) electrons. The van der Waals surface area contributed by atoms with Gasteiger partial charge >= 0.3 is 0 Å². The van der Waals surface area contributed by atoms with Gasteiger partial charge in [-0.3, -0.25) is 9.36 Å². The van der Waals surface area contributed by atoms with Crippen molar-refractivity contribution in [2.75, 3.05) is 33.4 Å². The maximum Gasteiger partial charge on any atom is 0.232 e. The van der Waals surface area contributed by atoms with Gasteiger partial charge in [0.2, 0.25) is 5.91 Å². The molecule has 0 aliphatic rings. The number of quaternary nitrogens is 1. The van der Waals surface area contributed by atoms with Crippen molar-refractivity contribution >= 4 is 17.7 Å². The molecule has 1 aromatic heterocycles. The first-order valence-electron chi connectivity index (χ1n) is 8.60. The molecular weight excluding hydrogens is 367 g/mol. The fraction of sp³-hybridized carbons (Fsp3) is 0.444. The zero-order chi connectivity index (χ0) is 20.0. The Hall–Kier alpha value is -2.44. The van der Waals surface area contributed by atoms with Gasteiger partial charge in [0.25, 0.3) is 0 Å². The predicted octanol–water partition coefficient (Wildman–Crippen LogP) is 1.08. The van der Waals surface area contributed by atoms with Gasteiger partial charge in [0, 0.05) is 19.3 Å². The normalized spacial score (nSPS) is 12.0. The first-order valence-corrected chi connectivity index (χ1v) is 9.58. The number of nitrogens with zero attached hydrogens (tertiary/aromatic N) is 5. The Morgan fingerprint density at radius 2 is 2.04 bits per heavy atom. The van der Waals surface area contributed by atoms with E-state index in [1.807, 2.05) is 31.7 Å². The Morgan fingerprint density at radius 1 is 1.37 bits per heavy atom. The van der Waals surface area contributed by atoms with Crippen molar-refractivity contribution in [3.05, 3.63) is 35.9 Å². The fourth-order valence-corrected chi connectivity index (χ4v) is 3.22. The Labute approximate surface area is 162 Å². The Kier molecular flexibility index (Phi) is 7.33. The SMILES string of the molecule is C[C@@H](c1nnc(SCC(=O)N(C)CCC#N)n1-c1ccc(F)cc1)[NH+](C)C. The van der Waals surface area contributed by atoms with E-state index in [1.165, 1.54) is 33.7 Å². The lowest BCUT2D eigenvalue weighted by Gasteiger charge is -2.18. The van der Waals surface area contributed by atoms with Crippen LogP contribution < -0.4 is 4.90 Å². The van der Waals surface area contributed by atoms with Crippen LogP contribution in [0.1, 0.15) is 25.2 Å². The fourth-order valence-electron chi connectivity index (χ4n) is 2.33. The number of carbonyl (C=O) groups excluding carboxylic acids is 1. The maximum atomic E-state index is 13.3. The Bertz CT molecular complexity index is 814. The van der Waals surface area contributed by atoms with Crippen molar-refractivity contribution in [3.8, 4) is 11.8 Å². The predicted molar refractivity (Wildman–Crippen MR) is 101 cm³/mol. The number of halogens is 1. The summed E-state index contributed by atoms with van der Waals surface area (Å²) in [6.07, 6.45) is 0.298. The van der Waals surface area contributed by atoms with Gasteiger partial charge in [-0.05, 0) is 31.2 Å². The smallest absolute Gasteiger partial charge is 0.232 e. The molecule has 0 aliphatic carbocycles. The van der Waals surface area contributed by atoms with Crippen LogP contribution in [0.25, 0.3) is 5.69 Å². The minimum Gasteiger partial charge on any atom is -0.344 e. The number of hydrogen-bond donors (Lipinski definition) is 1. The molecule has 144 valence electrons. The van der Waals surface area contributed by atoms with Gasteiger partial charge in [-0.15, -0.1) is 10.2 Å². The summed E-state index contributed by atoms with van der Waals surface area (Å²) in [6.45, 7) is 2.43. The van der Waals surface area contributed by atoms with Crippen molar-refractivity contribution in [2.45, 2.75) is 24.5 Å². The molecule has 2 rings (SSSR count). The van der Waals surface area contributed by atoms with E-state index in [-0.39, 0.29) is 23.5 Å². The van der Waals surface area contributed by atoms with Gasteiger partial charge in [0.05, 0.1) is 32.3 Å². The van der Waals surface area contributed by atoms with E-state index in [2.05, 4.69) is 10.2 Å². The van der Waals surface area contributed by atoms with Gasteiger partial charge in [-0.1, -0.05) is 11.8 Å². The molecule has 0 fully saturated rings. The van der Waals surface area contributed by atoms with Crippen LogP contribution in [0.15, 0.2) is 29.4 Å². The molecule has 0 saturated heterocycles. The highest BCUT2D eigenvalue weighted by Gasteiger charge is 2.24. The number of nitriles is 1. The van der Waals surface area contributed by atoms with Crippen LogP contribution in [0.3, 0.4) is 0 Å². The monoisotopic (exact) mass is 391 g/mol. The average molecular weight is 391 g/mol. The molecule has 2 aromatic rings. The molecule has 7 nitrogen and oxygen atoms in total. The maximum absolute atomic E-state index is 13.3. The van der Waals surface area contributed by atoms with Gasteiger partial charge in [-0.2, -0.15) is 5.26 Å². The van der Waals surface area contributed by atoms with Crippen LogP contribution in [0.2, 0.25) is 0 Å². The second-order valence-electron chi connectivity index (χ2n) is 6.46. The second kappa shape index (κ2) is 9.48. The Morgan fingerprint density at radius 3 is 2.63 bits per heavy atom. The van der Waals surface area contributed by atoms with Crippen LogP contribution in [-0.2, 0) is 4.79 Å². The first-order chi connectivity index (χ1) is 12.8. The second-order valence-corrected chi connectivity index (χ2v) is 7.41. The molecule has 1 aromatic carbocycles. The van der Waals surface area contributed by atoms with Crippen LogP contribution in [0.4, 0.5) is 4.39 Å². The summed E-state index contributed by atoms with van der Waals surface area (Å²) >= 11 is 1.28. The van der Waals surface area contributed by atoms with E-state index < -0.39 is 0 Å². The number of thioether (sulfide) groups is 1.